The summed E-state index contributed by atoms with van der Waals surface area (Å²) in [5, 5.41) is 9.55. The maximum absolute atomic E-state index is 12.1. The van der Waals surface area contributed by atoms with Crippen LogP contribution in [0.3, 0.4) is 0 Å². The molecule has 0 heterocycles. The number of allylic oxidation sites excluding steroid dienone is 4. The summed E-state index contributed by atoms with van der Waals surface area (Å²) in [5.74, 6) is -0.203. The highest BCUT2D eigenvalue weighted by Crippen LogP contribution is 2.14. The smallest absolute Gasteiger partial charge is 0.306 e. The van der Waals surface area contributed by atoms with Gasteiger partial charge in [0.15, 0.2) is 0 Å². The van der Waals surface area contributed by atoms with Gasteiger partial charge in [0.25, 0.3) is 0 Å². The Morgan fingerprint density at radius 1 is 0.571 bits per heavy atom. The van der Waals surface area contributed by atoms with Crippen LogP contribution in [-0.4, -0.2) is 37.0 Å². The van der Waals surface area contributed by atoms with Gasteiger partial charge in [-0.05, 0) is 38.5 Å². The molecule has 1 unspecified atom stereocenters. The normalized spacial score (nSPS) is 12.5. The van der Waals surface area contributed by atoms with Crippen LogP contribution in [0.5, 0.6) is 0 Å². The number of aliphatic hydroxyl groups is 1. The maximum atomic E-state index is 12.1. The van der Waals surface area contributed by atoms with Gasteiger partial charge in [-0.3, -0.25) is 4.79 Å². The van der Waals surface area contributed by atoms with E-state index in [1.807, 2.05) is 0 Å². The van der Waals surface area contributed by atoms with Crippen LogP contribution >= 0.6 is 0 Å². The van der Waals surface area contributed by atoms with Crippen molar-refractivity contribution >= 4 is 5.97 Å². The topological polar surface area (TPSA) is 55.8 Å². The van der Waals surface area contributed by atoms with E-state index in [-0.39, 0.29) is 12.6 Å². The van der Waals surface area contributed by atoms with Crippen molar-refractivity contribution in [3.8, 4) is 0 Å². The fourth-order valence-corrected chi connectivity index (χ4v) is 5.23. The highest BCUT2D eigenvalue weighted by molar-refractivity contribution is 5.69. The molecule has 4 heteroatoms. The number of carbonyl (C=O) groups excluding carboxylic acids is 1. The Morgan fingerprint density at radius 2 is 1.02 bits per heavy atom. The minimum absolute atomic E-state index is 0.172. The summed E-state index contributed by atoms with van der Waals surface area (Å²) < 4.78 is 11.1. The summed E-state index contributed by atoms with van der Waals surface area (Å²) in [6.45, 7) is 5.30. The fourth-order valence-electron chi connectivity index (χ4n) is 5.23. The number of unbranched alkanes of at least 4 members (excludes halogenated alkanes) is 22. The largest absolute Gasteiger partial charge is 0.457 e. The molecule has 0 aliphatic rings. The molecule has 0 saturated heterocycles. The molecule has 0 aliphatic heterocycles. The molecule has 248 valence electrons. The molecule has 4 nitrogen and oxygen atoms in total. The van der Waals surface area contributed by atoms with Crippen LogP contribution in [0.1, 0.15) is 187 Å². The van der Waals surface area contributed by atoms with Gasteiger partial charge in [0.2, 0.25) is 0 Å². The molecule has 0 bridgehead atoms. The maximum Gasteiger partial charge on any atom is 0.306 e. The van der Waals surface area contributed by atoms with Crippen LogP contribution in [-0.2, 0) is 14.3 Å². The van der Waals surface area contributed by atoms with Crippen molar-refractivity contribution in [2.24, 2.45) is 0 Å². The lowest BCUT2D eigenvalue weighted by molar-refractivity contribution is -0.154. The Hall–Kier alpha value is -1.13. The summed E-state index contributed by atoms with van der Waals surface area (Å²) in [4.78, 5) is 12.1. The van der Waals surface area contributed by atoms with E-state index in [1.165, 1.54) is 141 Å². The Labute approximate surface area is 262 Å². The van der Waals surface area contributed by atoms with Crippen LogP contribution in [0.15, 0.2) is 24.3 Å². The molecule has 0 aliphatic carbocycles. The first kappa shape index (κ1) is 40.9. The van der Waals surface area contributed by atoms with Gasteiger partial charge in [-0.25, -0.2) is 0 Å². The predicted octanol–water partition coefficient (Wildman–Crippen LogP) is 11.6. The second-order valence-corrected chi connectivity index (χ2v) is 12.3. The highest BCUT2D eigenvalue weighted by atomic mass is 16.6. The summed E-state index contributed by atoms with van der Waals surface area (Å²) in [5.41, 5.74) is 0. The standard InChI is InChI=1S/C38H72O4/c1-3-5-7-9-11-13-15-17-19-21-23-25-27-29-31-33-38(40)42-37(35-39)36-41-34-32-30-28-26-24-22-20-18-16-14-12-10-8-6-4-2/h10,12,16,18,37,39H,3-9,11,13-15,17,19-36H2,1-2H3/b12-10-,18-16-. The van der Waals surface area contributed by atoms with Crippen LogP contribution in [0, 0.1) is 0 Å². The number of hydrogen-bond donors (Lipinski definition) is 1. The highest BCUT2D eigenvalue weighted by Gasteiger charge is 2.13. The summed E-state index contributed by atoms with van der Waals surface area (Å²) in [6, 6.07) is 0. The number of carbonyl (C=O) groups is 1. The molecule has 0 radical (unpaired) electrons. The van der Waals surface area contributed by atoms with Crippen LogP contribution in [0.2, 0.25) is 0 Å². The molecule has 0 aromatic carbocycles. The Kier molecular flexibility index (Phi) is 35.1. The minimum Gasteiger partial charge on any atom is -0.457 e. The van der Waals surface area contributed by atoms with Gasteiger partial charge < -0.3 is 14.6 Å². The lowest BCUT2D eigenvalue weighted by atomic mass is 10.0. The van der Waals surface area contributed by atoms with E-state index >= 15 is 0 Å². The zero-order valence-corrected chi connectivity index (χ0v) is 28.3. The fraction of sp³-hybridized carbons (Fsp3) is 0.868. The van der Waals surface area contributed by atoms with Gasteiger partial charge >= 0.3 is 5.97 Å². The monoisotopic (exact) mass is 593 g/mol. The summed E-state index contributed by atoms with van der Waals surface area (Å²) in [6.07, 6.45) is 42.1. The van der Waals surface area contributed by atoms with E-state index in [0.717, 1.165) is 25.7 Å². The van der Waals surface area contributed by atoms with Crippen LogP contribution in [0.25, 0.3) is 0 Å². The van der Waals surface area contributed by atoms with E-state index in [1.54, 1.807) is 0 Å². The van der Waals surface area contributed by atoms with Gasteiger partial charge in [-0.1, -0.05) is 167 Å². The van der Waals surface area contributed by atoms with Crippen molar-refractivity contribution in [2.75, 3.05) is 19.8 Å². The van der Waals surface area contributed by atoms with Gasteiger partial charge in [0.05, 0.1) is 13.2 Å². The molecule has 0 amide bonds. The predicted molar refractivity (Wildman–Crippen MR) is 182 cm³/mol. The summed E-state index contributed by atoms with van der Waals surface area (Å²) in [7, 11) is 0. The zero-order chi connectivity index (χ0) is 30.6. The number of aliphatic hydroxyl groups excluding tert-OH is 1. The SMILES string of the molecule is CCCC/C=C\C/C=C\CCCCCCCCOCC(CO)OC(=O)CCCCCCCCCCCCCCCCC. The molecule has 1 N–H and O–H groups in total. The molecule has 0 spiro atoms. The molecule has 0 rings (SSSR count). The van der Waals surface area contributed by atoms with E-state index < -0.39 is 6.10 Å². The van der Waals surface area contributed by atoms with Crippen LogP contribution in [0.4, 0.5) is 0 Å². The Balaban J connectivity index is 3.44. The molecule has 1 atom stereocenters. The number of rotatable bonds is 34. The number of hydrogen-bond acceptors (Lipinski definition) is 4. The molecule has 0 aromatic rings. The van der Waals surface area contributed by atoms with E-state index in [9.17, 15) is 9.90 Å². The molecule has 0 saturated carbocycles. The Bertz CT molecular complexity index is 586. The van der Waals surface area contributed by atoms with E-state index in [2.05, 4.69) is 38.2 Å². The van der Waals surface area contributed by atoms with Gasteiger partial charge in [-0.2, -0.15) is 0 Å². The van der Waals surface area contributed by atoms with Gasteiger partial charge in [0.1, 0.15) is 6.10 Å². The third-order valence-electron chi connectivity index (χ3n) is 8.03. The van der Waals surface area contributed by atoms with Crippen LogP contribution < -0.4 is 0 Å². The van der Waals surface area contributed by atoms with Crippen molar-refractivity contribution in [1.29, 1.82) is 0 Å². The van der Waals surface area contributed by atoms with Crippen molar-refractivity contribution in [3.63, 3.8) is 0 Å². The Morgan fingerprint density at radius 3 is 1.55 bits per heavy atom. The van der Waals surface area contributed by atoms with Crippen molar-refractivity contribution in [3.05, 3.63) is 24.3 Å². The molecule has 0 fully saturated rings. The van der Waals surface area contributed by atoms with Crippen molar-refractivity contribution < 1.29 is 19.4 Å². The molecule has 0 aromatic heterocycles. The van der Waals surface area contributed by atoms with E-state index in [4.69, 9.17) is 9.47 Å². The summed E-state index contributed by atoms with van der Waals surface area (Å²) >= 11 is 0. The second-order valence-electron chi connectivity index (χ2n) is 12.3. The first-order valence-electron chi connectivity index (χ1n) is 18.4. The number of ether oxygens (including phenoxy) is 2. The van der Waals surface area contributed by atoms with Crippen molar-refractivity contribution in [1.82, 2.24) is 0 Å². The molecular weight excluding hydrogens is 520 g/mol. The lowest BCUT2D eigenvalue weighted by Crippen LogP contribution is -2.27. The van der Waals surface area contributed by atoms with E-state index in [0.29, 0.717) is 19.6 Å². The van der Waals surface area contributed by atoms with Crippen molar-refractivity contribution in [2.45, 2.75) is 193 Å². The molecular formula is C38H72O4. The average molecular weight is 593 g/mol. The number of esters is 1. The first-order valence-corrected chi connectivity index (χ1v) is 18.4. The first-order chi connectivity index (χ1) is 20.7. The average Bonchev–Trinajstić information content (AvgIpc) is 3.00. The van der Waals surface area contributed by atoms with Gasteiger partial charge in [-0.15, -0.1) is 0 Å². The third kappa shape index (κ3) is 33.4. The quantitative estimate of drug-likeness (QED) is 0.0459. The zero-order valence-electron chi connectivity index (χ0n) is 28.3. The minimum atomic E-state index is -0.534. The van der Waals surface area contributed by atoms with Gasteiger partial charge in [0, 0.05) is 13.0 Å². The third-order valence-corrected chi connectivity index (χ3v) is 8.03. The lowest BCUT2D eigenvalue weighted by Gasteiger charge is -2.15. The molecule has 42 heavy (non-hydrogen) atoms. The second kappa shape index (κ2) is 36.1.